The van der Waals surface area contributed by atoms with Crippen LogP contribution in [0, 0.1) is 5.92 Å². The van der Waals surface area contributed by atoms with E-state index in [1.165, 1.54) is 6.42 Å². The molecule has 2 unspecified atom stereocenters. The van der Waals surface area contributed by atoms with Crippen molar-refractivity contribution >= 4 is 11.9 Å². The fraction of sp³-hybridized carbons (Fsp3) is 0.786. The highest BCUT2D eigenvalue weighted by Gasteiger charge is 2.11. The molecule has 0 aliphatic heterocycles. The van der Waals surface area contributed by atoms with E-state index in [0.29, 0.717) is 36.5 Å². The summed E-state index contributed by atoms with van der Waals surface area (Å²) < 4.78 is 5.38. The van der Waals surface area contributed by atoms with Crippen molar-refractivity contribution < 1.29 is 4.74 Å². The summed E-state index contributed by atoms with van der Waals surface area (Å²) in [5, 5.41) is 6.41. The van der Waals surface area contributed by atoms with Crippen molar-refractivity contribution in [1.29, 1.82) is 0 Å². The van der Waals surface area contributed by atoms with Crippen molar-refractivity contribution in [2.24, 2.45) is 5.92 Å². The van der Waals surface area contributed by atoms with E-state index in [1.54, 1.807) is 0 Å². The molecule has 1 aromatic heterocycles. The number of aromatic nitrogens is 3. The second kappa shape index (κ2) is 8.55. The lowest BCUT2D eigenvalue weighted by molar-refractivity contribution is 0.312. The van der Waals surface area contributed by atoms with Crippen molar-refractivity contribution in [3.63, 3.8) is 0 Å². The van der Waals surface area contributed by atoms with Gasteiger partial charge in [0.1, 0.15) is 0 Å². The van der Waals surface area contributed by atoms with Crippen LogP contribution >= 0.6 is 0 Å². The molecule has 0 aliphatic carbocycles. The molecule has 6 heteroatoms. The predicted molar refractivity (Wildman–Crippen MR) is 82.3 cm³/mol. The Labute approximate surface area is 121 Å². The molecular weight excluding hydrogens is 254 g/mol. The third-order valence-electron chi connectivity index (χ3n) is 3.05. The van der Waals surface area contributed by atoms with Gasteiger partial charge in [0.05, 0.1) is 6.61 Å². The van der Waals surface area contributed by atoms with Crippen molar-refractivity contribution in [2.45, 2.75) is 53.5 Å². The molecule has 20 heavy (non-hydrogen) atoms. The highest BCUT2D eigenvalue weighted by Crippen LogP contribution is 2.15. The lowest BCUT2D eigenvalue weighted by atomic mass is 10.0. The summed E-state index contributed by atoms with van der Waals surface area (Å²) in [7, 11) is 0. The molecule has 1 rings (SSSR count). The molecule has 0 spiro atoms. The van der Waals surface area contributed by atoms with Crippen LogP contribution in [-0.2, 0) is 0 Å². The summed E-state index contributed by atoms with van der Waals surface area (Å²) in [6.07, 6.45) is 2.26. The first kappa shape index (κ1) is 16.5. The molecule has 2 atom stereocenters. The molecule has 0 amide bonds. The minimum absolute atomic E-state index is 0.316. The zero-order valence-corrected chi connectivity index (χ0v) is 13.2. The summed E-state index contributed by atoms with van der Waals surface area (Å²) in [5.41, 5.74) is 0. The van der Waals surface area contributed by atoms with Gasteiger partial charge < -0.3 is 15.4 Å². The maximum atomic E-state index is 5.38. The van der Waals surface area contributed by atoms with Gasteiger partial charge in [-0.3, -0.25) is 0 Å². The average molecular weight is 281 g/mol. The molecule has 2 N–H and O–H groups in total. The molecule has 0 aliphatic rings. The quantitative estimate of drug-likeness (QED) is 0.725. The van der Waals surface area contributed by atoms with E-state index in [1.807, 2.05) is 13.8 Å². The normalized spacial score (nSPS) is 13.7. The van der Waals surface area contributed by atoms with Crippen molar-refractivity contribution in [2.75, 3.05) is 23.8 Å². The van der Waals surface area contributed by atoms with Gasteiger partial charge in [-0.2, -0.15) is 15.0 Å². The fourth-order valence-corrected chi connectivity index (χ4v) is 1.90. The minimum atomic E-state index is 0.316. The molecule has 0 aromatic carbocycles. The lowest BCUT2D eigenvalue weighted by Crippen LogP contribution is -2.21. The maximum Gasteiger partial charge on any atom is 0.323 e. The molecule has 1 heterocycles. The molecule has 1 aromatic rings. The summed E-state index contributed by atoms with van der Waals surface area (Å²) >= 11 is 0. The number of ether oxygens (including phenoxy) is 1. The van der Waals surface area contributed by atoms with Crippen LogP contribution in [0.5, 0.6) is 6.01 Å². The Morgan fingerprint density at radius 3 is 2.35 bits per heavy atom. The van der Waals surface area contributed by atoms with Gasteiger partial charge in [-0.15, -0.1) is 0 Å². The monoisotopic (exact) mass is 281 g/mol. The largest absolute Gasteiger partial charge is 0.464 e. The maximum absolute atomic E-state index is 5.38. The smallest absolute Gasteiger partial charge is 0.323 e. The van der Waals surface area contributed by atoms with Gasteiger partial charge in [0.2, 0.25) is 11.9 Å². The van der Waals surface area contributed by atoms with E-state index in [4.69, 9.17) is 4.74 Å². The van der Waals surface area contributed by atoms with E-state index in [-0.39, 0.29) is 0 Å². The van der Waals surface area contributed by atoms with Crippen molar-refractivity contribution in [3.8, 4) is 6.01 Å². The summed E-state index contributed by atoms with van der Waals surface area (Å²) in [6, 6.07) is 0.674. The van der Waals surface area contributed by atoms with Gasteiger partial charge in [0.15, 0.2) is 0 Å². The van der Waals surface area contributed by atoms with E-state index < -0.39 is 0 Å². The number of hydrogen-bond acceptors (Lipinski definition) is 6. The predicted octanol–water partition coefficient (Wildman–Crippen LogP) is 2.94. The van der Waals surface area contributed by atoms with Crippen LogP contribution in [0.4, 0.5) is 11.9 Å². The number of nitrogens with zero attached hydrogens (tertiary/aromatic N) is 3. The Bertz CT molecular complexity index is 375. The summed E-state index contributed by atoms with van der Waals surface area (Å²) in [6.45, 7) is 11.8. The van der Waals surface area contributed by atoms with Gasteiger partial charge in [-0.25, -0.2) is 0 Å². The third-order valence-corrected chi connectivity index (χ3v) is 3.05. The van der Waals surface area contributed by atoms with Crippen LogP contribution in [-0.4, -0.2) is 34.1 Å². The van der Waals surface area contributed by atoms with Crippen molar-refractivity contribution in [1.82, 2.24) is 15.0 Å². The zero-order valence-electron chi connectivity index (χ0n) is 13.2. The SMILES string of the molecule is CCNc1nc(NC(C)CC(C)CC)nc(OCC)n1. The Morgan fingerprint density at radius 1 is 1.05 bits per heavy atom. The second-order valence-electron chi connectivity index (χ2n) is 5.02. The highest BCUT2D eigenvalue weighted by atomic mass is 16.5. The Kier molecular flexibility index (Phi) is 7.04. The van der Waals surface area contributed by atoms with Crippen LogP contribution < -0.4 is 15.4 Å². The van der Waals surface area contributed by atoms with Crippen LogP contribution in [0.25, 0.3) is 0 Å². The number of hydrogen-bond donors (Lipinski definition) is 2. The van der Waals surface area contributed by atoms with Crippen molar-refractivity contribution in [3.05, 3.63) is 0 Å². The molecule has 0 saturated carbocycles. The molecular formula is C14H27N5O. The van der Waals surface area contributed by atoms with Crippen LogP contribution in [0.1, 0.15) is 47.5 Å². The topological polar surface area (TPSA) is 72.0 Å². The van der Waals surface area contributed by atoms with E-state index in [0.717, 1.165) is 13.0 Å². The van der Waals surface area contributed by atoms with E-state index in [2.05, 4.69) is 46.4 Å². The molecule has 0 radical (unpaired) electrons. The first-order valence-corrected chi connectivity index (χ1v) is 7.48. The van der Waals surface area contributed by atoms with Gasteiger partial charge in [0.25, 0.3) is 0 Å². The third kappa shape index (κ3) is 5.59. The summed E-state index contributed by atoms with van der Waals surface area (Å²) in [5.74, 6) is 1.79. The Morgan fingerprint density at radius 2 is 1.75 bits per heavy atom. The summed E-state index contributed by atoms with van der Waals surface area (Å²) in [4.78, 5) is 12.8. The number of rotatable bonds is 9. The number of anilines is 2. The van der Waals surface area contributed by atoms with Gasteiger partial charge in [-0.1, -0.05) is 20.3 Å². The highest BCUT2D eigenvalue weighted by molar-refractivity contribution is 5.36. The van der Waals surface area contributed by atoms with Crippen LogP contribution in [0.15, 0.2) is 0 Å². The minimum Gasteiger partial charge on any atom is -0.464 e. The average Bonchev–Trinajstić information content (AvgIpc) is 2.38. The van der Waals surface area contributed by atoms with Gasteiger partial charge >= 0.3 is 6.01 Å². The van der Waals surface area contributed by atoms with Gasteiger partial charge in [0, 0.05) is 12.6 Å². The zero-order chi connectivity index (χ0) is 15.0. The first-order valence-electron chi connectivity index (χ1n) is 7.48. The van der Waals surface area contributed by atoms with E-state index in [9.17, 15) is 0 Å². The van der Waals surface area contributed by atoms with Crippen LogP contribution in [0.3, 0.4) is 0 Å². The molecule has 0 fully saturated rings. The standard InChI is InChI=1S/C14H27N5O/c1-6-10(4)9-11(5)16-13-17-12(15-7-2)18-14(19-13)20-8-3/h10-11H,6-9H2,1-5H3,(H2,15,16,17,18,19). The fourth-order valence-electron chi connectivity index (χ4n) is 1.90. The Hall–Kier alpha value is -1.59. The van der Waals surface area contributed by atoms with Gasteiger partial charge in [-0.05, 0) is 33.1 Å². The lowest BCUT2D eigenvalue weighted by Gasteiger charge is -2.18. The molecule has 114 valence electrons. The number of nitrogens with one attached hydrogen (secondary N) is 2. The van der Waals surface area contributed by atoms with E-state index >= 15 is 0 Å². The Balaban J connectivity index is 2.76. The first-order chi connectivity index (χ1) is 9.58. The second-order valence-corrected chi connectivity index (χ2v) is 5.02. The van der Waals surface area contributed by atoms with Crippen LogP contribution in [0.2, 0.25) is 0 Å². The molecule has 0 saturated heterocycles. The molecule has 0 bridgehead atoms. The molecule has 6 nitrogen and oxygen atoms in total.